The molecule has 0 bridgehead atoms. The molecule has 0 aliphatic heterocycles. The zero-order chi connectivity index (χ0) is 11.7. The molecule has 0 saturated carbocycles. The van der Waals surface area contributed by atoms with Gasteiger partial charge in [0.05, 0.1) is 7.11 Å². The third-order valence-corrected chi connectivity index (χ3v) is 3.79. The summed E-state index contributed by atoms with van der Waals surface area (Å²) in [5, 5.41) is 10.3. The Morgan fingerprint density at radius 3 is 2.75 bits per heavy atom. The molecule has 0 aliphatic carbocycles. The van der Waals surface area contributed by atoms with E-state index in [1.165, 1.54) is 15.2 Å². The van der Waals surface area contributed by atoms with Crippen LogP contribution in [0.5, 0.6) is 5.75 Å². The first-order chi connectivity index (χ1) is 7.67. The largest absolute Gasteiger partial charge is 0.496 e. The van der Waals surface area contributed by atoms with Crippen LogP contribution in [0.15, 0.2) is 12.1 Å². The lowest BCUT2D eigenvalue weighted by Crippen LogP contribution is -2.36. The summed E-state index contributed by atoms with van der Waals surface area (Å²) in [7, 11) is 1.69. The van der Waals surface area contributed by atoms with E-state index in [1.807, 2.05) is 6.92 Å². The monoisotopic (exact) mass is 238 g/mol. The summed E-state index contributed by atoms with van der Waals surface area (Å²) in [5.74, 6) is 0.921. The molecule has 0 atom stereocenters. The molecule has 0 spiro atoms. The van der Waals surface area contributed by atoms with Crippen LogP contribution in [0.2, 0.25) is 0 Å². The number of aromatic nitrogens is 1. The summed E-state index contributed by atoms with van der Waals surface area (Å²) in [6.45, 7) is 4.93. The molecule has 0 fully saturated rings. The molecular weight excluding hydrogens is 222 g/mol. The van der Waals surface area contributed by atoms with Crippen molar-refractivity contribution in [2.75, 3.05) is 13.7 Å². The van der Waals surface area contributed by atoms with Crippen molar-refractivity contribution < 1.29 is 14.4 Å². The third-order valence-electron chi connectivity index (χ3n) is 2.73. The maximum absolute atomic E-state index is 9.05. The van der Waals surface area contributed by atoms with Crippen LogP contribution in [-0.4, -0.2) is 18.8 Å². The van der Waals surface area contributed by atoms with E-state index >= 15 is 0 Å². The Morgan fingerprint density at radius 2 is 2.12 bits per heavy atom. The summed E-state index contributed by atoms with van der Waals surface area (Å²) in [4.78, 5) is 0. The second kappa shape index (κ2) is 4.39. The highest BCUT2D eigenvalue weighted by Gasteiger charge is 2.18. The molecule has 1 N–H and O–H groups in total. The highest BCUT2D eigenvalue weighted by Crippen LogP contribution is 2.28. The lowest BCUT2D eigenvalue weighted by atomic mass is 10.2. The summed E-state index contributed by atoms with van der Waals surface area (Å²) >= 11 is 1.73. The number of hydrogen-bond donors (Lipinski definition) is 1. The molecule has 0 aliphatic rings. The van der Waals surface area contributed by atoms with Gasteiger partial charge in [0.15, 0.2) is 6.54 Å². The summed E-state index contributed by atoms with van der Waals surface area (Å²) in [6, 6.07) is 4.18. The molecule has 1 heterocycles. The topological polar surface area (TPSA) is 33.3 Å². The van der Waals surface area contributed by atoms with Gasteiger partial charge < -0.3 is 9.84 Å². The third kappa shape index (κ3) is 1.79. The molecule has 1 aromatic carbocycles. The second-order valence-corrected chi connectivity index (χ2v) is 5.02. The van der Waals surface area contributed by atoms with Gasteiger partial charge in [-0.2, -0.15) is 4.57 Å². The van der Waals surface area contributed by atoms with E-state index in [9.17, 15) is 0 Å². The maximum Gasteiger partial charge on any atom is 0.235 e. The van der Waals surface area contributed by atoms with Crippen molar-refractivity contribution in [3.05, 3.63) is 22.7 Å². The number of aliphatic hydroxyl groups is 1. The first-order valence-electron chi connectivity index (χ1n) is 5.25. The highest BCUT2D eigenvalue weighted by atomic mass is 32.1. The molecule has 16 heavy (non-hydrogen) atoms. The highest BCUT2D eigenvalue weighted by molar-refractivity contribution is 7.18. The van der Waals surface area contributed by atoms with Crippen molar-refractivity contribution in [1.82, 2.24) is 0 Å². The molecule has 4 heteroatoms. The molecule has 1 aromatic heterocycles. The zero-order valence-corrected chi connectivity index (χ0v) is 10.6. The van der Waals surface area contributed by atoms with Crippen LogP contribution >= 0.6 is 11.3 Å². The van der Waals surface area contributed by atoms with Crippen LogP contribution in [0.4, 0.5) is 0 Å². The van der Waals surface area contributed by atoms with E-state index in [-0.39, 0.29) is 6.61 Å². The zero-order valence-electron chi connectivity index (χ0n) is 9.78. The average Bonchev–Trinajstić information content (AvgIpc) is 2.55. The fraction of sp³-hybridized carbons (Fsp3) is 0.417. The predicted octanol–water partition coefficient (Wildman–Crippen LogP) is 1.81. The number of ether oxygens (including phenoxy) is 1. The average molecular weight is 238 g/mol. The van der Waals surface area contributed by atoms with Crippen molar-refractivity contribution in [2.45, 2.75) is 20.4 Å². The molecule has 0 amide bonds. The summed E-state index contributed by atoms with van der Waals surface area (Å²) in [5.41, 5.74) is 2.30. The minimum Gasteiger partial charge on any atom is -0.496 e. The minimum absolute atomic E-state index is 0.169. The standard InChI is InChI=1S/C12H16NO2S/c1-8-6-10-12(7-11(8)15-3)16-9(2)13(10)4-5-14/h6-7,14H,4-5H2,1-3H3/q+1. The van der Waals surface area contributed by atoms with Gasteiger partial charge in [-0.1, -0.05) is 11.3 Å². The second-order valence-electron chi connectivity index (χ2n) is 3.79. The number of thiazole rings is 1. The Hall–Kier alpha value is -1.13. The molecule has 0 radical (unpaired) electrons. The van der Waals surface area contributed by atoms with Crippen molar-refractivity contribution in [3.63, 3.8) is 0 Å². The Kier molecular flexibility index (Phi) is 3.12. The van der Waals surface area contributed by atoms with Crippen molar-refractivity contribution in [2.24, 2.45) is 0 Å². The van der Waals surface area contributed by atoms with E-state index in [4.69, 9.17) is 9.84 Å². The maximum atomic E-state index is 9.05. The first kappa shape index (κ1) is 11.4. The lowest BCUT2D eigenvalue weighted by molar-refractivity contribution is -0.674. The van der Waals surface area contributed by atoms with E-state index in [1.54, 1.807) is 18.4 Å². The SMILES string of the molecule is COc1cc2sc(C)[n+](CCO)c2cc1C. The Bertz CT molecular complexity index is 519. The number of methoxy groups -OCH3 is 1. The van der Waals surface area contributed by atoms with Crippen LogP contribution in [0, 0.1) is 13.8 Å². The number of nitrogens with zero attached hydrogens (tertiary/aromatic N) is 1. The molecule has 2 aromatic rings. The van der Waals surface area contributed by atoms with Crippen molar-refractivity contribution in [1.29, 1.82) is 0 Å². The summed E-state index contributed by atoms with van der Waals surface area (Å²) in [6.07, 6.45) is 0. The van der Waals surface area contributed by atoms with E-state index in [0.29, 0.717) is 6.54 Å². The molecular formula is C12H16NO2S+. The molecule has 2 rings (SSSR count). The van der Waals surface area contributed by atoms with Gasteiger partial charge >= 0.3 is 0 Å². The Morgan fingerprint density at radius 1 is 1.38 bits per heavy atom. The van der Waals surface area contributed by atoms with E-state index in [0.717, 1.165) is 11.3 Å². The normalized spacial score (nSPS) is 11.0. The van der Waals surface area contributed by atoms with Crippen molar-refractivity contribution >= 4 is 21.6 Å². The van der Waals surface area contributed by atoms with Gasteiger partial charge in [-0.15, -0.1) is 0 Å². The Balaban J connectivity index is 2.66. The van der Waals surface area contributed by atoms with Crippen LogP contribution in [0.25, 0.3) is 10.2 Å². The van der Waals surface area contributed by atoms with E-state index in [2.05, 4.69) is 23.6 Å². The number of fused-ring (bicyclic) bond motifs is 1. The smallest absolute Gasteiger partial charge is 0.235 e. The van der Waals surface area contributed by atoms with Crippen LogP contribution in [0.3, 0.4) is 0 Å². The quantitative estimate of drug-likeness (QED) is 0.827. The van der Waals surface area contributed by atoms with Gasteiger partial charge in [-0.3, -0.25) is 0 Å². The predicted molar refractivity (Wildman–Crippen MR) is 65.1 cm³/mol. The Labute approximate surface area is 98.9 Å². The number of rotatable bonds is 3. The number of aliphatic hydroxyl groups excluding tert-OH is 1. The van der Waals surface area contributed by atoms with Crippen LogP contribution in [-0.2, 0) is 6.54 Å². The molecule has 3 nitrogen and oxygen atoms in total. The van der Waals surface area contributed by atoms with Gasteiger partial charge in [0, 0.05) is 19.1 Å². The fourth-order valence-electron chi connectivity index (χ4n) is 1.93. The first-order valence-corrected chi connectivity index (χ1v) is 6.07. The minimum atomic E-state index is 0.169. The van der Waals surface area contributed by atoms with E-state index < -0.39 is 0 Å². The number of aryl methyl sites for hydroxylation is 2. The van der Waals surface area contributed by atoms with Gasteiger partial charge in [-0.05, 0) is 12.5 Å². The molecule has 0 saturated heterocycles. The fourth-order valence-corrected chi connectivity index (χ4v) is 2.99. The number of hydrogen-bond acceptors (Lipinski definition) is 3. The van der Waals surface area contributed by atoms with Crippen LogP contribution in [0.1, 0.15) is 10.6 Å². The summed E-state index contributed by atoms with van der Waals surface area (Å²) < 4.78 is 8.66. The number of benzene rings is 1. The lowest BCUT2D eigenvalue weighted by Gasteiger charge is -2.02. The van der Waals surface area contributed by atoms with Crippen molar-refractivity contribution in [3.8, 4) is 5.75 Å². The van der Waals surface area contributed by atoms with Gasteiger partial charge in [0.1, 0.15) is 17.1 Å². The van der Waals surface area contributed by atoms with Gasteiger partial charge in [0.25, 0.3) is 0 Å². The van der Waals surface area contributed by atoms with Gasteiger partial charge in [-0.25, -0.2) is 0 Å². The molecule has 86 valence electrons. The molecule has 0 unspecified atom stereocenters. The van der Waals surface area contributed by atoms with Gasteiger partial charge in [0.2, 0.25) is 10.5 Å². The van der Waals surface area contributed by atoms with Crippen LogP contribution < -0.4 is 9.30 Å².